The quantitative estimate of drug-likeness (QED) is 0.884. The van der Waals surface area contributed by atoms with E-state index >= 15 is 0 Å². The van der Waals surface area contributed by atoms with Crippen LogP contribution in [0.2, 0.25) is 0 Å². The molecule has 0 spiro atoms. The lowest BCUT2D eigenvalue weighted by atomic mass is 10.0. The monoisotopic (exact) mass is 346 g/mol. The lowest BCUT2D eigenvalue weighted by Crippen LogP contribution is -2.30. The molecule has 0 bridgehead atoms. The minimum Gasteiger partial charge on any atom is -0.467 e. The van der Waals surface area contributed by atoms with Crippen LogP contribution >= 0.6 is 0 Å². The number of halogens is 1. The molecule has 2 saturated heterocycles. The van der Waals surface area contributed by atoms with Gasteiger partial charge < -0.3 is 19.4 Å². The topological polar surface area (TPSA) is 80.5 Å². The van der Waals surface area contributed by atoms with Crippen molar-refractivity contribution < 1.29 is 18.3 Å². The summed E-state index contributed by atoms with van der Waals surface area (Å²) < 4.78 is 24.1. The van der Waals surface area contributed by atoms with Crippen LogP contribution < -0.4 is 10.2 Å². The van der Waals surface area contributed by atoms with Crippen molar-refractivity contribution in [1.82, 2.24) is 15.3 Å². The molecule has 0 unspecified atom stereocenters. The summed E-state index contributed by atoms with van der Waals surface area (Å²) in [4.78, 5) is 22.1. The van der Waals surface area contributed by atoms with E-state index in [1.807, 2.05) is 11.0 Å². The van der Waals surface area contributed by atoms with E-state index in [0.717, 1.165) is 18.7 Å². The van der Waals surface area contributed by atoms with E-state index in [2.05, 4.69) is 15.3 Å². The molecule has 4 rings (SSSR count). The van der Waals surface area contributed by atoms with Crippen LogP contribution in [0.3, 0.4) is 0 Å². The molecule has 0 saturated carbocycles. The van der Waals surface area contributed by atoms with Crippen molar-refractivity contribution in [3.8, 4) is 0 Å². The van der Waals surface area contributed by atoms with Crippen LogP contribution in [0.25, 0.3) is 0 Å². The second-order valence-electron chi connectivity index (χ2n) is 6.46. The van der Waals surface area contributed by atoms with Gasteiger partial charge in [-0.2, -0.15) is 0 Å². The maximum absolute atomic E-state index is 12.9. The molecule has 1 amide bonds. The smallest absolute Gasteiger partial charge is 0.225 e. The Morgan fingerprint density at radius 3 is 2.92 bits per heavy atom. The molecule has 2 aliphatic heterocycles. The van der Waals surface area contributed by atoms with Crippen LogP contribution in [0.15, 0.2) is 35.2 Å². The van der Waals surface area contributed by atoms with Crippen LogP contribution in [0, 0.1) is 11.7 Å². The number of fused-ring (bicyclic) bond motifs is 1. The van der Waals surface area contributed by atoms with Gasteiger partial charge in [0.15, 0.2) is 5.82 Å². The molecular weight excluding hydrogens is 327 g/mol. The summed E-state index contributed by atoms with van der Waals surface area (Å²) in [5.41, 5.74) is 0. The van der Waals surface area contributed by atoms with Gasteiger partial charge in [-0.25, -0.2) is 14.4 Å². The zero-order valence-corrected chi connectivity index (χ0v) is 13.6. The molecule has 0 radical (unpaired) electrons. The van der Waals surface area contributed by atoms with Crippen LogP contribution in [-0.4, -0.2) is 41.2 Å². The van der Waals surface area contributed by atoms with E-state index in [4.69, 9.17) is 9.15 Å². The van der Waals surface area contributed by atoms with Gasteiger partial charge in [-0.05, 0) is 18.6 Å². The number of carbonyl (C=O) groups excluding carboxylic acids is 1. The number of hydrogen-bond acceptors (Lipinski definition) is 6. The number of hydrogen-bond donors (Lipinski definition) is 1. The Balaban J connectivity index is 1.25. The fourth-order valence-electron chi connectivity index (χ4n) is 3.50. The molecule has 0 aromatic carbocycles. The first-order chi connectivity index (χ1) is 12.2. The van der Waals surface area contributed by atoms with Gasteiger partial charge in [-0.15, -0.1) is 0 Å². The Kier molecular flexibility index (Phi) is 4.35. The largest absolute Gasteiger partial charge is 0.467 e. The Labute approximate surface area is 144 Å². The van der Waals surface area contributed by atoms with E-state index in [9.17, 15) is 9.18 Å². The molecule has 3 atom stereocenters. The molecule has 1 N–H and O–H groups in total. The van der Waals surface area contributed by atoms with E-state index < -0.39 is 5.82 Å². The van der Waals surface area contributed by atoms with Crippen LogP contribution in [0.1, 0.15) is 18.6 Å². The molecule has 7 nitrogen and oxygen atoms in total. The Hall–Kier alpha value is -2.48. The molecule has 8 heteroatoms. The fourth-order valence-corrected chi connectivity index (χ4v) is 3.50. The summed E-state index contributed by atoms with van der Waals surface area (Å²) >= 11 is 0. The third kappa shape index (κ3) is 3.63. The molecular formula is C17H19FN4O3. The highest BCUT2D eigenvalue weighted by Crippen LogP contribution is 2.35. The number of nitrogens with zero attached hydrogens (tertiary/aromatic N) is 3. The number of nitrogens with one attached hydrogen (secondary N) is 1. The van der Waals surface area contributed by atoms with Crippen molar-refractivity contribution in [2.45, 2.75) is 31.6 Å². The maximum atomic E-state index is 12.9. The summed E-state index contributed by atoms with van der Waals surface area (Å²) in [7, 11) is 0. The molecule has 2 aromatic heterocycles. The van der Waals surface area contributed by atoms with E-state index in [0.29, 0.717) is 31.4 Å². The normalized spacial score (nSPS) is 25.2. The lowest BCUT2D eigenvalue weighted by Gasteiger charge is -2.19. The summed E-state index contributed by atoms with van der Waals surface area (Å²) in [6, 6.07) is 3.61. The van der Waals surface area contributed by atoms with Crippen molar-refractivity contribution >= 4 is 11.9 Å². The average Bonchev–Trinajstić information content (AvgIpc) is 3.29. The minimum atomic E-state index is -0.444. The highest BCUT2D eigenvalue weighted by molar-refractivity contribution is 5.76. The Bertz CT molecular complexity index is 708. The molecule has 2 fully saturated rings. The van der Waals surface area contributed by atoms with Crippen LogP contribution in [-0.2, 0) is 16.1 Å². The fraction of sp³-hybridized carbons (Fsp3) is 0.471. The predicted octanol–water partition coefficient (Wildman–Crippen LogP) is 1.51. The molecule has 4 heterocycles. The van der Waals surface area contributed by atoms with Gasteiger partial charge in [-0.1, -0.05) is 0 Å². The zero-order valence-electron chi connectivity index (χ0n) is 13.6. The minimum absolute atomic E-state index is 0.0416. The first-order valence-corrected chi connectivity index (χ1v) is 8.34. The number of furan rings is 1. The van der Waals surface area contributed by atoms with Crippen molar-refractivity contribution in [3.05, 3.63) is 42.4 Å². The van der Waals surface area contributed by atoms with Crippen LogP contribution in [0.5, 0.6) is 0 Å². The zero-order chi connectivity index (χ0) is 17.2. The van der Waals surface area contributed by atoms with E-state index in [1.165, 1.54) is 12.4 Å². The SMILES string of the molecule is O=C(C[C@@H]1C[C@@H]2CN(c3ncc(F)cn3)C[C@@H]2O1)NCc1ccco1. The first kappa shape index (κ1) is 16.0. The lowest BCUT2D eigenvalue weighted by molar-refractivity contribution is -0.123. The van der Waals surface area contributed by atoms with Gasteiger partial charge >= 0.3 is 0 Å². The van der Waals surface area contributed by atoms with Gasteiger partial charge in [-0.3, -0.25) is 4.79 Å². The summed E-state index contributed by atoms with van der Waals surface area (Å²) in [5, 5.41) is 2.84. The first-order valence-electron chi connectivity index (χ1n) is 8.34. The van der Waals surface area contributed by atoms with Gasteiger partial charge in [0.25, 0.3) is 0 Å². The molecule has 0 aliphatic carbocycles. The molecule has 25 heavy (non-hydrogen) atoms. The second-order valence-corrected chi connectivity index (χ2v) is 6.46. The number of aromatic nitrogens is 2. The Morgan fingerprint density at radius 2 is 2.20 bits per heavy atom. The molecule has 2 aromatic rings. The summed E-state index contributed by atoms with van der Waals surface area (Å²) in [6.45, 7) is 1.82. The molecule has 132 valence electrons. The van der Waals surface area contributed by atoms with Gasteiger partial charge in [0.2, 0.25) is 11.9 Å². The highest BCUT2D eigenvalue weighted by atomic mass is 19.1. The number of rotatable bonds is 5. The number of carbonyl (C=O) groups is 1. The van der Waals surface area contributed by atoms with Gasteiger partial charge in [0, 0.05) is 19.0 Å². The van der Waals surface area contributed by atoms with E-state index in [1.54, 1.807) is 12.3 Å². The Morgan fingerprint density at radius 1 is 1.36 bits per heavy atom. The van der Waals surface area contributed by atoms with Gasteiger partial charge in [0.1, 0.15) is 5.76 Å². The third-order valence-electron chi connectivity index (χ3n) is 4.66. The second kappa shape index (κ2) is 6.79. The van der Waals surface area contributed by atoms with E-state index in [-0.39, 0.29) is 18.1 Å². The van der Waals surface area contributed by atoms with Gasteiger partial charge in [0.05, 0.1) is 43.8 Å². The predicted molar refractivity (Wildman–Crippen MR) is 86.1 cm³/mol. The standard InChI is InChI=1S/C17H19FN4O3/c18-12-6-20-17(21-7-12)22-9-11-4-14(25-15(11)10-22)5-16(23)19-8-13-2-1-3-24-13/h1-3,6-7,11,14-15H,4-5,8-10H2,(H,19,23)/t11-,14+,15+/m1/s1. The average molecular weight is 346 g/mol. The number of amides is 1. The maximum Gasteiger partial charge on any atom is 0.225 e. The number of ether oxygens (including phenoxy) is 1. The van der Waals surface area contributed by atoms with Crippen molar-refractivity contribution in [2.75, 3.05) is 18.0 Å². The van der Waals surface area contributed by atoms with Crippen LogP contribution in [0.4, 0.5) is 10.3 Å². The molecule has 2 aliphatic rings. The van der Waals surface area contributed by atoms with Crippen molar-refractivity contribution in [3.63, 3.8) is 0 Å². The third-order valence-corrected chi connectivity index (χ3v) is 4.66. The highest BCUT2D eigenvalue weighted by Gasteiger charge is 2.43. The summed E-state index contributed by atoms with van der Waals surface area (Å²) in [5.74, 6) is 1.11. The number of anilines is 1. The summed E-state index contributed by atoms with van der Waals surface area (Å²) in [6.07, 6.45) is 5.10. The van der Waals surface area contributed by atoms with Crippen molar-refractivity contribution in [2.24, 2.45) is 5.92 Å². The van der Waals surface area contributed by atoms with Crippen molar-refractivity contribution in [1.29, 1.82) is 0 Å².